The zero-order chi connectivity index (χ0) is 11.0. The first kappa shape index (κ1) is 9.34. The second-order valence-electron chi connectivity index (χ2n) is 4.17. The Balaban J connectivity index is 2.22. The first-order valence-corrected chi connectivity index (χ1v) is 5.55. The summed E-state index contributed by atoms with van der Waals surface area (Å²) < 4.78 is 0. The van der Waals surface area contributed by atoms with Crippen molar-refractivity contribution in [3.63, 3.8) is 0 Å². The van der Waals surface area contributed by atoms with E-state index < -0.39 is 0 Å². The van der Waals surface area contributed by atoms with Crippen molar-refractivity contribution in [1.82, 2.24) is 4.98 Å². The van der Waals surface area contributed by atoms with Crippen molar-refractivity contribution in [2.75, 3.05) is 0 Å². The lowest BCUT2D eigenvalue weighted by Crippen LogP contribution is -1.91. The SMILES string of the molecule is Cc1ccc(-c2cccnc2)c2c1C=CC2. The van der Waals surface area contributed by atoms with Crippen LogP contribution in [-0.4, -0.2) is 4.98 Å². The van der Waals surface area contributed by atoms with Gasteiger partial charge < -0.3 is 0 Å². The third-order valence-corrected chi connectivity index (χ3v) is 3.15. The number of aryl methyl sites for hydroxylation is 1. The van der Waals surface area contributed by atoms with Crippen LogP contribution in [0.4, 0.5) is 0 Å². The normalized spacial score (nSPS) is 12.8. The number of hydrogen-bond acceptors (Lipinski definition) is 1. The number of pyridine rings is 1. The Bertz CT molecular complexity index is 553. The maximum absolute atomic E-state index is 4.19. The monoisotopic (exact) mass is 207 g/mol. The van der Waals surface area contributed by atoms with Gasteiger partial charge in [0.2, 0.25) is 0 Å². The summed E-state index contributed by atoms with van der Waals surface area (Å²) in [7, 11) is 0. The molecule has 0 spiro atoms. The average Bonchev–Trinajstić information content (AvgIpc) is 2.81. The molecule has 16 heavy (non-hydrogen) atoms. The number of benzene rings is 1. The molecule has 0 saturated carbocycles. The standard InChI is InChI=1S/C15H13N/c1-11-7-8-14(12-4-3-9-16-10-12)15-6-2-5-13(11)15/h2-5,7-10H,6H2,1H3. The summed E-state index contributed by atoms with van der Waals surface area (Å²) in [6.07, 6.45) is 9.25. The summed E-state index contributed by atoms with van der Waals surface area (Å²) in [5.41, 5.74) is 6.71. The van der Waals surface area contributed by atoms with Gasteiger partial charge in [0.25, 0.3) is 0 Å². The predicted molar refractivity (Wildman–Crippen MR) is 67.1 cm³/mol. The van der Waals surface area contributed by atoms with E-state index in [1.807, 2.05) is 18.5 Å². The molecule has 1 nitrogen and oxygen atoms in total. The zero-order valence-corrected chi connectivity index (χ0v) is 9.27. The second kappa shape index (κ2) is 3.60. The quantitative estimate of drug-likeness (QED) is 0.696. The van der Waals surface area contributed by atoms with Crippen LogP contribution >= 0.6 is 0 Å². The van der Waals surface area contributed by atoms with Crippen molar-refractivity contribution >= 4 is 6.08 Å². The predicted octanol–water partition coefficient (Wildman–Crippen LogP) is 3.63. The summed E-state index contributed by atoms with van der Waals surface area (Å²) >= 11 is 0. The topological polar surface area (TPSA) is 12.9 Å². The lowest BCUT2D eigenvalue weighted by atomic mass is 9.95. The molecule has 0 atom stereocenters. The Morgan fingerprint density at radius 2 is 2.12 bits per heavy atom. The molecular formula is C15H13N. The fourth-order valence-electron chi connectivity index (χ4n) is 2.32. The van der Waals surface area contributed by atoms with Crippen molar-refractivity contribution in [2.45, 2.75) is 13.3 Å². The van der Waals surface area contributed by atoms with E-state index >= 15 is 0 Å². The second-order valence-corrected chi connectivity index (χ2v) is 4.17. The molecule has 0 N–H and O–H groups in total. The smallest absolute Gasteiger partial charge is 0.0346 e. The van der Waals surface area contributed by atoms with Gasteiger partial charge in [0.1, 0.15) is 0 Å². The molecule has 1 heteroatoms. The van der Waals surface area contributed by atoms with E-state index in [9.17, 15) is 0 Å². The van der Waals surface area contributed by atoms with E-state index in [0.29, 0.717) is 0 Å². The highest BCUT2D eigenvalue weighted by Crippen LogP contribution is 2.32. The molecule has 0 amide bonds. The Morgan fingerprint density at radius 1 is 1.19 bits per heavy atom. The van der Waals surface area contributed by atoms with E-state index in [0.717, 1.165) is 6.42 Å². The van der Waals surface area contributed by atoms with Crippen LogP contribution in [-0.2, 0) is 6.42 Å². The van der Waals surface area contributed by atoms with E-state index in [1.54, 1.807) is 0 Å². The molecule has 1 aliphatic rings. The van der Waals surface area contributed by atoms with Crippen molar-refractivity contribution in [1.29, 1.82) is 0 Å². The van der Waals surface area contributed by atoms with E-state index in [1.165, 1.54) is 27.8 Å². The van der Waals surface area contributed by atoms with Crippen LogP contribution in [0.25, 0.3) is 17.2 Å². The number of fused-ring (bicyclic) bond motifs is 1. The van der Waals surface area contributed by atoms with Gasteiger partial charge in [0, 0.05) is 18.0 Å². The molecule has 0 bridgehead atoms. The first-order valence-electron chi connectivity index (χ1n) is 5.55. The lowest BCUT2D eigenvalue weighted by molar-refractivity contribution is 1.27. The van der Waals surface area contributed by atoms with Crippen molar-refractivity contribution in [3.05, 3.63) is 59.4 Å². The highest BCUT2D eigenvalue weighted by atomic mass is 14.6. The van der Waals surface area contributed by atoms with Gasteiger partial charge in [-0.15, -0.1) is 0 Å². The number of aromatic nitrogens is 1. The summed E-state index contributed by atoms with van der Waals surface area (Å²) in [6.45, 7) is 2.17. The van der Waals surface area contributed by atoms with Crippen LogP contribution in [0.5, 0.6) is 0 Å². The molecule has 78 valence electrons. The van der Waals surface area contributed by atoms with Gasteiger partial charge in [0.15, 0.2) is 0 Å². The largest absolute Gasteiger partial charge is 0.264 e. The first-order chi connectivity index (χ1) is 7.86. The zero-order valence-electron chi connectivity index (χ0n) is 9.27. The molecule has 0 fully saturated rings. The van der Waals surface area contributed by atoms with Gasteiger partial charge in [-0.25, -0.2) is 0 Å². The minimum Gasteiger partial charge on any atom is -0.264 e. The summed E-state index contributed by atoms with van der Waals surface area (Å²) in [4.78, 5) is 4.19. The van der Waals surface area contributed by atoms with Gasteiger partial charge in [-0.1, -0.05) is 30.4 Å². The Morgan fingerprint density at radius 3 is 2.94 bits per heavy atom. The number of hydrogen-bond donors (Lipinski definition) is 0. The number of allylic oxidation sites excluding steroid dienone is 1. The number of rotatable bonds is 1. The molecule has 1 heterocycles. The summed E-state index contributed by atoms with van der Waals surface area (Å²) in [5, 5.41) is 0. The van der Waals surface area contributed by atoms with Gasteiger partial charge in [-0.3, -0.25) is 4.98 Å². The highest BCUT2D eigenvalue weighted by Gasteiger charge is 2.13. The Hall–Kier alpha value is -1.89. The average molecular weight is 207 g/mol. The van der Waals surface area contributed by atoms with E-state index in [4.69, 9.17) is 0 Å². The fraction of sp³-hybridized carbons (Fsp3) is 0.133. The fourth-order valence-corrected chi connectivity index (χ4v) is 2.32. The molecule has 1 aromatic carbocycles. The third-order valence-electron chi connectivity index (χ3n) is 3.15. The number of nitrogens with zero attached hydrogens (tertiary/aromatic N) is 1. The van der Waals surface area contributed by atoms with Crippen molar-refractivity contribution in [2.24, 2.45) is 0 Å². The van der Waals surface area contributed by atoms with Gasteiger partial charge in [0.05, 0.1) is 0 Å². The molecule has 3 rings (SSSR count). The van der Waals surface area contributed by atoms with Crippen LogP contribution in [0.2, 0.25) is 0 Å². The molecule has 0 radical (unpaired) electrons. The Kier molecular flexibility index (Phi) is 2.10. The molecule has 1 aliphatic carbocycles. The van der Waals surface area contributed by atoms with Crippen LogP contribution in [0.1, 0.15) is 16.7 Å². The maximum atomic E-state index is 4.19. The molecule has 0 saturated heterocycles. The molecule has 2 aromatic rings. The van der Waals surface area contributed by atoms with Gasteiger partial charge >= 0.3 is 0 Å². The summed E-state index contributed by atoms with van der Waals surface area (Å²) in [6, 6.07) is 8.51. The lowest BCUT2D eigenvalue weighted by Gasteiger charge is -2.10. The van der Waals surface area contributed by atoms with Crippen LogP contribution < -0.4 is 0 Å². The van der Waals surface area contributed by atoms with E-state index in [-0.39, 0.29) is 0 Å². The molecule has 0 aliphatic heterocycles. The van der Waals surface area contributed by atoms with Gasteiger partial charge in [-0.05, 0) is 41.7 Å². The third kappa shape index (κ3) is 1.36. The highest BCUT2D eigenvalue weighted by molar-refractivity contribution is 5.76. The van der Waals surface area contributed by atoms with Crippen molar-refractivity contribution in [3.8, 4) is 11.1 Å². The minimum atomic E-state index is 1.04. The maximum Gasteiger partial charge on any atom is 0.0346 e. The van der Waals surface area contributed by atoms with Crippen LogP contribution in [0, 0.1) is 6.92 Å². The molecular weight excluding hydrogens is 194 g/mol. The minimum absolute atomic E-state index is 1.04. The molecule has 1 aromatic heterocycles. The van der Waals surface area contributed by atoms with E-state index in [2.05, 4.69) is 42.3 Å². The van der Waals surface area contributed by atoms with Crippen LogP contribution in [0.3, 0.4) is 0 Å². The van der Waals surface area contributed by atoms with Gasteiger partial charge in [-0.2, -0.15) is 0 Å². The van der Waals surface area contributed by atoms with Crippen molar-refractivity contribution < 1.29 is 0 Å². The molecule has 0 unspecified atom stereocenters. The Labute approximate surface area is 95.5 Å². The summed E-state index contributed by atoms with van der Waals surface area (Å²) in [5.74, 6) is 0. The van der Waals surface area contributed by atoms with Crippen LogP contribution in [0.15, 0.2) is 42.7 Å².